The molecule has 1 amide bonds. The molecular formula is C13H18INO2. The zero-order valence-corrected chi connectivity index (χ0v) is 12.1. The number of aliphatic hydroxyl groups is 1. The standard InChI is InChI=1S/C13H18INO2/c1-2-12(6-7-16)15-13(17)9-10-4-3-5-11(14)8-10/h3-5,8,12,16H,2,6-7,9H2,1H3,(H,15,17). The van der Waals surface area contributed by atoms with Crippen LogP contribution in [0.3, 0.4) is 0 Å². The van der Waals surface area contributed by atoms with Gasteiger partial charge >= 0.3 is 0 Å². The number of halogens is 1. The predicted octanol–water partition coefficient (Wildman–Crippen LogP) is 2.11. The topological polar surface area (TPSA) is 49.3 Å². The van der Waals surface area contributed by atoms with Crippen LogP contribution < -0.4 is 5.32 Å². The molecule has 1 unspecified atom stereocenters. The van der Waals surface area contributed by atoms with Crippen molar-refractivity contribution in [2.24, 2.45) is 0 Å². The highest BCUT2D eigenvalue weighted by Gasteiger charge is 2.10. The van der Waals surface area contributed by atoms with E-state index in [2.05, 4.69) is 27.9 Å². The Morgan fingerprint density at radius 1 is 1.53 bits per heavy atom. The van der Waals surface area contributed by atoms with Crippen molar-refractivity contribution in [1.82, 2.24) is 5.32 Å². The van der Waals surface area contributed by atoms with Crippen LogP contribution >= 0.6 is 22.6 Å². The molecule has 0 radical (unpaired) electrons. The second-order valence-electron chi connectivity index (χ2n) is 3.99. The number of benzene rings is 1. The molecule has 1 atom stereocenters. The smallest absolute Gasteiger partial charge is 0.224 e. The number of hydrogen-bond acceptors (Lipinski definition) is 2. The third kappa shape index (κ3) is 5.50. The maximum Gasteiger partial charge on any atom is 0.224 e. The van der Waals surface area contributed by atoms with Gasteiger partial charge in [0.2, 0.25) is 5.91 Å². The van der Waals surface area contributed by atoms with Crippen LogP contribution in [0.4, 0.5) is 0 Å². The van der Waals surface area contributed by atoms with Gasteiger partial charge in [-0.3, -0.25) is 4.79 Å². The number of hydrogen-bond donors (Lipinski definition) is 2. The highest BCUT2D eigenvalue weighted by molar-refractivity contribution is 14.1. The first-order valence-corrected chi connectivity index (χ1v) is 6.88. The van der Waals surface area contributed by atoms with Gasteiger partial charge in [0.15, 0.2) is 0 Å². The van der Waals surface area contributed by atoms with E-state index in [4.69, 9.17) is 5.11 Å². The van der Waals surface area contributed by atoms with Crippen molar-refractivity contribution in [1.29, 1.82) is 0 Å². The monoisotopic (exact) mass is 347 g/mol. The zero-order valence-electron chi connectivity index (χ0n) is 9.95. The van der Waals surface area contributed by atoms with Crippen molar-refractivity contribution in [3.63, 3.8) is 0 Å². The minimum absolute atomic E-state index is 0.0206. The largest absolute Gasteiger partial charge is 0.396 e. The second-order valence-corrected chi connectivity index (χ2v) is 5.24. The Bertz CT molecular complexity index is 368. The van der Waals surface area contributed by atoms with E-state index in [1.807, 2.05) is 31.2 Å². The quantitative estimate of drug-likeness (QED) is 0.775. The number of carbonyl (C=O) groups excluding carboxylic acids is 1. The Morgan fingerprint density at radius 2 is 2.29 bits per heavy atom. The summed E-state index contributed by atoms with van der Waals surface area (Å²) in [6.45, 7) is 2.12. The third-order valence-corrected chi connectivity index (χ3v) is 3.26. The van der Waals surface area contributed by atoms with E-state index in [1.165, 1.54) is 0 Å². The van der Waals surface area contributed by atoms with Crippen molar-refractivity contribution >= 4 is 28.5 Å². The van der Waals surface area contributed by atoms with Crippen molar-refractivity contribution in [3.8, 4) is 0 Å². The van der Waals surface area contributed by atoms with Crippen LogP contribution in [-0.2, 0) is 11.2 Å². The number of amides is 1. The van der Waals surface area contributed by atoms with Gasteiger partial charge in [-0.15, -0.1) is 0 Å². The summed E-state index contributed by atoms with van der Waals surface area (Å²) in [5.41, 5.74) is 1.02. The molecule has 2 N–H and O–H groups in total. The van der Waals surface area contributed by atoms with Crippen LogP contribution in [-0.4, -0.2) is 23.7 Å². The van der Waals surface area contributed by atoms with E-state index in [1.54, 1.807) is 0 Å². The molecule has 94 valence electrons. The lowest BCUT2D eigenvalue weighted by Crippen LogP contribution is -2.36. The summed E-state index contributed by atoms with van der Waals surface area (Å²) in [6.07, 6.45) is 1.87. The van der Waals surface area contributed by atoms with Gasteiger partial charge in [0.25, 0.3) is 0 Å². The van der Waals surface area contributed by atoms with Crippen LogP contribution in [0.2, 0.25) is 0 Å². The van der Waals surface area contributed by atoms with Crippen molar-refractivity contribution in [2.45, 2.75) is 32.2 Å². The van der Waals surface area contributed by atoms with Gasteiger partial charge < -0.3 is 10.4 Å². The maximum atomic E-state index is 11.8. The molecule has 0 saturated carbocycles. The lowest BCUT2D eigenvalue weighted by molar-refractivity contribution is -0.121. The summed E-state index contributed by atoms with van der Waals surface area (Å²) in [6, 6.07) is 8.00. The molecule has 0 bridgehead atoms. The predicted molar refractivity (Wildman–Crippen MR) is 76.8 cm³/mol. The van der Waals surface area contributed by atoms with E-state index in [0.717, 1.165) is 15.6 Å². The van der Waals surface area contributed by atoms with Gasteiger partial charge in [-0.1, -0.05) is 19.1 Å². The Kier molecular flexibility index (Phi) is 6.50. The summed E-state index contributed by atoms with van der Waals surface area (Å²) < 4.78 is 1.13. The number of nitrogens with one attached hydrogen (secondary N) is 1. The summed E-state index contributed by atoms with van der Waals surface area (Å²) in [4.78, 5) is 11.8. The van der Waals surface area contributed by atoms with E-state index in [9.17, 15) is 4.79 Å². The SMILES string of the molecule is CCC(CCO)NC(=O)Cc1cccc(I)c1. The lowest BCUT2D eigenvalue weighted by atomic mass is 10.1. The van der Waals surface area contributed by atoms with Crippen LogP contribution in [0.1, 0.15) is 25.3 Å². The van der Waals surface area contributed by atoms with Crippen LogP contribution in [0, 0.1) is 3.57 Å². The summed E-state index contributed by atoms with van der Waals surface area (Å²) in [7, 11) is 0. The molecule has 17 heavy (non-hydrogen) atoms. The number of rotatable bonds is 6. The Balaban J connectivity index is 2.49. The molecule has 1 rings (SSSR count). The molecule has 0 heterocycles. The fraction of sp³-hybridized carbons (Fsp3) is 0.462. The van der Waals surface area contributed by atoms with Crippen molar-refractivity contribution in [3.05, 3.63) is 33.4 Å². The molecule has 4 heteroatoms. The Morgan fingerprint density at radius 3 is 2.88 bits per heavy atom. The molecule has 1 aromatic rings. The highest BCUT2D eigenvalue weighted by atomic mass is 127. The van der Waals surface area contributed by atoms with E-state index < -0.39 is 0 Å². The van der Waals surface area contributed by atoms with E-state index in [0.29, 0.717) is 12.8 Å². The average Bonchev–Trinajstić information content (AvgIpc) is 2.28. The first-order valence-electron chi connectivity index (χ1n) is 5.80. The molecular weight excluding hydrogens is 329 g/mol. The minimum atomic E-state index is 0.0206. The fourth-order valence-electron chi connectivity index (χ4n) is 1.65. The van der Waals surface area contributed by atoms with Gasteiger partial charge in [0.1, 0.15) is 0 Å². The molecule has 0 aliphatic heterocycles. The van der Waals surface area contributed by atoms with Crippen LogP contribution in [0.5, 0.6) is 0 Å². The fourth-order valence-corrected chi connectivity index (χ4v) is 2.25. The average molecular weight is 347 g/mol. The summed E-state index contributed by atoms with van der Waals surface area (Å²) in [5, 5.41) is 11.8. The minimum Gasteiger partial charge on any atom is -0.396 e. The molecule has 3 nitrogen and oxygen atoms in total. The van der Waals surface area contributed by atoms with E-state index in [-0.39, 0.29) is 18.6 Å². The van der Waals surface area contributed by atoms with Gasteiger partial charge in [0.05, 0.1) is 6.42 Å². The first kappa shape index (κ1) is 14.4. The second kappa shape index (κ2) is 7.66. The molecule has 0 aliphatic rings. The van der Waals surface area contributed by atoms with E-state index >= 15 is 0 Å². The lowest BCUT2D eigenvalue weighted by Gasteiger charge is -2.15. The van der Waals surface area contributed by atoms with Crippen LogP contribution in [0.25, 0.3) is 0 Å². The number of carbonyl (C=O) groups is 1. The van der Waals surface area contributed by atoms with Gasteiger partial charge in [-0.25, -0.2) is 0 Å². The third-order valence-electron chi connectivity index (χ3n) is 2.59. The number of aliphatic hydroxyl groups excluding tert-OH is 1. The zero-order chi connectivity index (χ0) is 12.7. The molecule has 1 aromatic carbocycles. The normalized spacial score (nSPS) is 12.2. The Hall–Kier alpha value is -0.620. The van der Waals surface area contributed by atoms with Gasteiger partial charge in [-0.05, 0) is 53.1 Å². The van der Waals surface area contributed by atoms with Crippen molar-refractivity contribution < 1.29 is 9.90 Å². The summed E-state index contributed by atoms with van der Waals surface area (Å²) >= 11 is 2.23. The molecule has 0 aromatic heterocycles. The molecule has 0 aliphatic carbocycles. The highest BCUT2D eigenvalue weighted by Crippen LogP contribution is 2.08. The maximum absolute atomic E-state index is 11.8. The van der Waals surface area contributed by atoms with Gasteiger partial charge in [0, 0.05) is 16.2 Å². The first-order chi connectivity index (χ1) is 8.15. The van der Waals surface area contributed by atoms with Crippen LogP contribution in [0.15, 0.2) is 24.3 Å². The van der Waals surface area contributed by atoms with Crippen molar-refractivity contribution in [2.75, 3.05) is 6.61 Å². The molecule has 0 spiro atoms. The Labute approximate surface area is 116 Å². The van der Waals surface area contributed by atoms with Gasteiger partial charge in [-0.2, -0.15) is 0 Å². The molecule has 0 saturated heterocycles. The molecule has 0 fully saturated rings. The summed E-state index contributed by atoms with van der Waals surface area (Å²) in [5.74, 6) is 0.0206.